The number of ether oxygens (including phenoxy) is 1. The zero-order valence-electron chi connectivity index (χ0n) is 15.0. The highest BCUT2D eigenvalue weighted by atomic mass is 16.5. The maximum absolute atomic E-state index is 12.9. The standard InChI is InChI=1S/C18H23N3O4/c1-11-9-15(13(3)21(11)16-10-12(2)25-19-16)17(22)20-7-5-14(6-8-20)18(23)24-4/h9-10,14H,5-8H2,1-4H3. The molecule has 7 nitrogen and oxygen atoms in total. The molecule has 0 spiro atoms. The van der Waals surface area contributed by atoms with Crippen LogP contribution in [-0.2, 0) is 9.53 Å². The quantitative estimate of drug-likeness (QED) is 0.799. The third-order valence-electron chi connectivity index (χ3n) is 4.82. The molecule has 25 heavy (non-hydrogen) atoms. The van der Waals surface area contributed by atoms with Crippen LogP contribution >= 0.6 is 0 Å². The molecule has 0 atom stereocenters. The molecule has 3 heterocycles. The lowest BCUT2D eigenvalue weighted by Crippen LogP contribution is -2.40. The molecule has 0 aliphatic carbocycles. The molecule has 1 saturated heterocycles. The predicted molar refractivity (Wildman–Crippen MR) is 90.7 cm³/mol. The second kappa shape index (κ2) is 6.74. The molecule has 1 fully saturated rings. The molecule has 0 saturated carbocycles. The topological polar surface area (TPSA) is 77.6 Å². The van der Waals surface area contributed by atoms with Crippen LogP contribution in [0.3, 0.4) is 0 Å². The third kappa shape index (κ3) is 3.18. The molecule has 2 aromatic rings. The fraction of sp³-hybridized carbons (Fsp3) is 0.500. The van der Waals surface area contributed by atoms with E-state index in [0.29, 0.717) is 37.3 Å². The average Bonchev–Trinajstić information content (AvgIpc) is 3.16. The van der Waals surface area contributed by atoms with Crippen LogP contribution in [0.25, 0.3) is 5.82 Å². The number of aryl methyl sites for hydroxylation is 2. The lowest BCUT2D eigenvalue weighted by Gasteiger charge is -2.30. The minimum Gasteiger partial charge on any atom is -0.469 e. The Morgan fingerprint density at radius 1 is 1.20 bits per heavy atom. The number of methoxy groups -OCH3 is 1. The van der Waals surface area contributed by atoms with Gasteiger partial charge in [0.25, 0.3) is 5.91 Å². The van der Waals surface area contributed by atoms with Gasteiger partial charge in [-0.05, 0) is 39.7 Å². The molecular formula is C18H23N3O4. The van der Waals surface area contributed by atoms with Crippen LogP contribution in [-0.4, -0.2) is 46.7 Å². The molecule has 0 unspecified atom stereocenters. The Balaban J connectivity index is 1.79. The number of hydrogen-bond acceptors (Lipinski definition) is 5. The van der Waals surface area contributed by atoms with Gasteiger partial charge in [-0.15, -0.1) is 0 Å². The van der Waals surface area contributed by atoms with E-state index in [0.717, 1.165) is 17.1 Å². The summed E-state index contributed by atoms with van der Waals surface area (Å²) in [5.74, 6) is 1.09. The van der Waals surface area contributed by atoms with E-state index in [9.17, 15) is 9.59 Å². The molecule has 3 rings (SSSR count). The number of hydrogen-bond donors (Lipinski definition) is 0. The summed E-state index contributed by atoms with van der Waals surface area (Å²) < 4.78 is 11.9. The van der Waals surface area contributed by atoms with Gasteiger partial charge in [0.15, 0.2) is 5.82 Å². The number of piperidine rings is 1. The molecule has 7 heteroatoms. The number of nitrogens with zero attached hydrogens (tertiary/aromatic N) is 3. The van der Waals surface area contributed by atoms with Gasteiger partial charge in [-0.25, -0.2) is 0 Å². The van der Waals surface area contributed by atoms with Crippen LogP contribution in [0.1, 0.15) is 40.3 Å². The van der Waals surface area contributed by atoms with E-state index in [1.807, 2.05) is 37.5 Å². The molecule has 0 N–H and O–H groups in total. The number of esters is 1. The van der Waals surface area contributed by atoms with Gasteiger partial charge in [0.05, 0.1) is 18.6 Å². The highest BCUT2D eigenvalue weighted by Crippen LogP contribution is 2.25. The number of aromatic nitrogens is 2. The van der Waals surface area contributed by atoms with Crippen LogP contribution in [0.2, 0.25) is 0 Å². The van der Waals surface area contributed by atoms with Gasteiger partial charge in [0, 0.05) is 30.5 Å². The summed E-state index contributed by atoms with van der Waals surface area (Å²) in [6.45, 7) is 6.81. The summed E-state index contributed by atoms with van der Waals surface area (Å²) in [7, 11) is 1.40. The predicted octanol–water partition coefficient (Wildman–Crippen LogP) is 2.42. The third-order valence-corrected chi connectivity index (χ3v) is 4.82. The van der Waals surface area contributed by atoms with Crippen molar-refractivity contribution in [2.75, 3.05) is 20.2 Å². The molecule has 0 radical (unpaired) electrons. The van der Waals surface area contributed by atoms with Gasteiger partial charge < -0.3 is 14.2 Å². The van der Waals surface area contributed by atoms with Crippen molar-refractivity contribution in [3.63, 3.8) is 0 Å². The molecule has 1 aliphatic rings. The highest BCUT2D eigenvalue weighted by Gasteiger charge is 2.30. The van der Waals surface area contributed by atoms with Gasteiger partial charge in [-0.3, -0.25) is 14.2 Å². The Morgan fingerprint density at radius 2 is 1.88 bits per heavy atom. The number of carbonyl (C=O) groups is 2. The second-order valence-electron chi connectivity index (χ2n) is 6.51. The molecule has 134 valence electrons. The van der Waals surface area contributed by atoms with Gasteiger partial charge >= 0.3 is 5.97 Å². The summed E-state index contributed by atoms with van der Waals surface area (Å²) >= 11 is 0. The molecule has 1 aliphatic heterocycles. The van der Waals surface area contributed by atoms with Gasteiger partial charge in [-0.1, -0.05) is 5.16 Å². The maximum atomic E-state index is 12.9. The Kier molecular flexibility index (Phi) is 4.65. The van der Waals surface area contributed by atoms with E-state index in [1.165, 1.54) is 7.11 Å². The Hall–Kier alpha value is -2.57. The lowest BCUT2D eigenvalue weighted by molar-refractivity contribution is -0.146. The van der Waals surface area contributed by atoms with Gasteiger partial charge in [-0.2, -0.15) is 0 Å². The normalized spacial score (nSPS) is 15.4. The smallest absolute Gasteiger partial charge is 0.308 e. The highest BCUT2D eigenvalue weighted by molar-refractivity contribution is 5.96. The minimum absolute atomic E-state index is 0.0112. The Bertz CT molecular complexity index is 797. The van der Waals surface area contributed by atoms with Crippen molar-refractivity contribution in [2.24, 2.45) is 5.92 Å². The SMILES string of the molecule is COC(=O)C1CCN(C(=O)c2cc(C)n(-c3cc(C)on3)c2C)CC1. The first-order chi connectivity index (χ1) is 11.9. The van der Waals surface area contributed by atoms with Crippen LogP contribution in [0.15, 0.2) is 16.7 Å². The van der Waals surface area contributed by atoms with E-state index >= 15 is 0 Å². The fourth-order valence-corrected chi connectivity index (χ4v) is 3.45. The van der Waals surface area contributed by atoms with Crippen molar-refractivity contribution < 1.29 is 18.8 Å². The fourth-order valence-electron chi connectivity index (χ4n) is 3.45. The van der Waals surface area contributed by atoms with E-state index in [-0.39, 0.29) is 17.8 Å². The number of rotatable bonds is 3. The molecule has 0 aromatic carbocycles. The average molecular weight is 345 g/mol. The van der Waals surface area contributed by atoms with Crippen LogP contribution in [0.4, 0.5) is 0 Å². The van der Waals surface area contributed by atoms with Crippen molar-refractivity contribution in [1.29, 1.82) is 0 Å². The summed E-state index contributed by atoms with van der Waals surface area (Å²) in [5.41, 5.74) is 2.43. The zero-order valence-corrected chi connectivity index (χ0v) is 15.0. The van der Waals surface area contributed by atoms with Crippen LogP contribution < -0.4 is 0 Å². The summed E-state index contributed by atoms with van der Waals surface area (Å²) in [4.78, 5) is 26.4. The van der Waals surface area contributed by atoms with Crippen molar-refractivity contribution in [3.05, 3.63) is 34.8 Å². The number of amides is 1. The number of carbonyl (C=O) groups excluding carboxylic acids is 2. The summed E-state index contributed by atoms with van der Waals surface area (Å²) in [6.07, 6.45) is 1.28. The van der Waals surface area contributed by atoms with Gasteiger partial charge in [0.1, 0.15) is 5.76 Å². The van der Waals surface area contributed by atoms with E-state index in [1.54, 1.807) is 4.90 Å². The Labute approximate surface area is 146 Å². The lowest BCUT2D eigenvalue weighted by atomic mass is 9.96. The maximum Gasteiger partial charge on any atom is 0.308 e. The van der Waals surface area contributed by atoms with Crippen molar-refractivity contribution >= 4 is 11.9 Å². The van der Waals surface area contributed by atoms with Crippen LogP contribution in [0.5, 0.6) is 0 Å². The summed E-state index contributed by atoms with van der Waals surface area (Å²) in [6, 6.07) is 3.73. The van der Waals surface area contributed by atoms with Crippen molar-refractivity contribution in [1.82, 2.24) is 14.6 Å². The summed E-state index contributed by atoms with van der Waals surface area (Å²) in [5, 5.41) is 4.04. The van der Waals surface area contributed by atoms with E-state index < -0.39 is 0 Å². The van der Waals surface area contributed by atoms with E-state index in [2.05, 4.69) is 5.16 Å². The number of likely N-dealkylation sites (tertiary alicyclic amines) is 1. The minimum atomic E-state index is -0.188. The van der Waals surface area contributed by atoms with Crippen molar-refractivity contribution in [2.45, 2.75) is 33.6 Å². The largest absolute Gasteiger partial charge is 0.469 e. The van der Waals surface area contributed by atoms with Crippen LogP contribution in [0, 0.1) is 26.7 Å². The first-order valence-corrected chi connectivity index (χ1v) is 8.42. The molecular weight excluding hydrogens is 322 g/mol. The van der Waals surface area contributed by atoms with Gasteiger partial charge in [0.2, 0.25) is 0 Å². The molecule has 2 aromatic heterocycles. The van der Waals surface area contributed by atoms with Crippen molar-refractivity contribution in [3.8, 4) is 5.82 Å². The first kappa shape index (κ1) is 17.3. The second-order valence-corrected chi connectivity index (χ2v) is 6.51. The zero-order chi connectivity index (χ0) is 18.1. The monoisotopic (exact) mass is 345 g/mol. The Morgan fingerprint density at radius 3 is 2.44 bits per heavy atom. The first-order valence-electron chi connectivity index (χ1n) is 8.42. The molecule has 1 amide bonds. The molecule has 0 bridgehead atoms. The van der Waals surface area contributed by atoms with E-state index in [4.69, 9.17) is 9.26 Å².